The predicted octanol–water partition coefficient (Wildman–Crippen LogP) is -0.0455. The van der Waals surface area contributed by atoms with E-state index < -0.39 is 11.9 Å². The van der Waals surface area contributed by atoms with Gasteiger partial charge in [-0.25, -0.2) is 0 Å². The molecule has 0 saturated heterocycles. The summed E-state index contributed by atoms with van der Waals surface area (Å²) < 4.78 is 0.0254. The van der Waals surface area contributed by atoms with Crippen LogP contribution in [0.15, 0.2) is 9.81 Å². The molecule has 0 aromatic heterocycles. The summed E-state index contributed by atoms with van der Waals surface area (Å²) in [6.07, 6.45) is 0. The Hall–Kier alpha value is -1.13. The van der Waals surface area contributed by atoms with Crippen LogP contribution in [0.2, 0.25) is 0 Å². The number of thioether (sulfide) groups is 1. The van der Waals surface area contributed by atoms with E-state index in [2.05, 4.69) is 12.6 Å². The van der Waals surface area contributed by atoms with Gasteiger partial charge in [-0.05, 0) is 0 Å². The number of hydrogen-bond donors (Lipinski definition) is 3. The van der Waals surface area contributed by atoms with Crippen molar-refractivity contribution < 1.29 is 14.7 Å². The number of nitrogens with zero attached hydrogens (tertiary/aromatic N) is 1. The first-order valence-corrected chi connectivity index (χ1v) is 4.40. The van der Waals surface area contributed by atoms with Crippen LogP contribution >= 0.6 is 24.4 Å². The Morgan fingerprint density at radius 2 is 2.15 bits per heavy atom. The van der Waals surface area contributed by atoms with E-state index in [0.717, 1.165) is 11.8 Å². The number of carbonyl (C=O) groups excluding carboxylic acids is 1. The summed E-state index contributed by atoms with van der Waals surface area (Å²) in [5, 5.41) is 16.7. The summed E-state index contributed by atoms with van der Waals surface area (Å²) in [6, 6.07) is 1.54. The van der Waals surface area contributed by atoms with Gasteiger partial charge in [-0.1, -0.05) is 0 Å². The smallest absolute Gasteiger partial charge is 0.313 e. The summed E-state index contributed by atoms with van der Waals surface area (Å²) in [5.41, 5.74) is 4.50. The van der Waals surface area contributed by atoms with E-state index >= 15 is 0 Å². The van der Waals surface area contributed by atoms with Crippen LogP contribution in [-0.2, 0) is 9.59 Å². The molecule has 0 aliphatic carbocycles. The van der Waals surface area contributed by atoms with E-state index in [-0.39, 0.29) is 15.6 Å². The maximum Gasteiger partial charge on any atom is 0.313 e. The molecule has 0 spiro atoms. The van der Waals surface area contributed by atoms with Crippen LogP contribution in [0.3, 0.4) is 0 Å². The Labute approximate surface area is 84.0 Å². The minimum absolute atomic E-state index is 0.0254. The maximum absolute atomic E-state index is 10.5. The van der Waals surface area contributed by atoms with Gasteiger partial charge in [0.15, 0.2) is 0 Å². The fourth-order valence-electron chi connectivity index (χ4n) is 0.411. The molecule has 0 rings (SSSR count). The van der Waals surface area contributed by atoms with E-state index in [9.17, 15) is 9.59 Å². The number of carbonyl (C=O) groups is 2. The molecule has 0 bridgehead atoms. The van der Waals surface area contributed by atoms with Crippen LogP contribution in [0, 0.1) is 11.3 Å². The van der Waals surface area contributed by atoms with Gasteiger partial charge in [0, 0.05) is 0 Å². The summed E-state index contributed by atoms with van der Waals surface area (Å²) in [6.45, 7) is 0. The molecular weight excluding hydrogens is 212 g/mol. The zero-order valence-electron chi connectivity index (χ0n) is 6.35. The van der Waals surface area contributed by atoms with Gasteiger partial charge in [0.05, 0.1) is 9.99 Å². The summed E-state index contributed by atoms with van der Waals surface area (Å²) in [5.74, 6) is -2.24. The molecule has 0 aromatic carbocycles. The number of carboxylic acids is 1. The molecule has 1 amide bonds. The van der Waals surface area contributed by atoms with E-state index in [0.29, 0.717) is 0 Å². The summed E-state index contributed by atoms with van der Waals surface area (Å²) in [4.78, 5) is 20.7. The molecule has 13 heavy (non-hydrogen) atoms. The Balaban J connectivity index is 4.51. The highest BCUT2D eigenvalue weighted by atomic mass is 32.2. The van der Waals surface area contributed by atoms with E-state index in [1.807, 2.05) is 0 Å². The molecule has 70 valence electrons. The van der Waals surface area contributed by atoms with Gasteiger partial charge in [-0.2, -0.15) is 5.26 Å². The van der Waals surface area contributed by atoms with Crippen LogP contribution in [-0.4, -0.2) is 22.7 Å². The van der Waals surface area contributed by atoms with Gasteiger partial charge in [0.25, 0.3) is 5.91 Å². The normalized spacial score (nSPS) is 11.4. The fourth-order valence-corrected chi connectivity index (χ4v) is 1.32. The molecule has 0 aliphatic heterocycles. The first-order valence-electron chi connectivity index (χ1n) is 2.96. The SMILES string of the molecule is N#C/C(C(N)=O)=C(/S)SCC(=O)O. The first-order chi connectivity index (χ1) is 5.99. The average molecular weight is 218 g/mol. The van der Waals surface area contributed by atoms with Crippen molar-refractivity contribution >= 4 is 36.3 Å². The Morgan fingerprint density at radius 1 is 1.62 bits per heavy atom. The van der Waals surface area contributed by atoms with Crippen molar-refractivity contribution in [2.45, 2.75) is 0 Å². The molecule has 5 nitrogen and oxygen atoms in total. The Kier molecular flexibility index (Phi) is 5.03. The van der Waals surface area contributed by atoms with Crippen molar-refractivity contribution in [1.29, 1.82) is 5.26 Å². The molecule has 3 N–H and O–H groups in total. The lowest BCUT2D eigenvalue weighted by atomic mass is 10.3. The van der Waals surface area contributed by atoms with Gasteiger partial charge in [0.1, 0.15) is 11.6 Å². The number of aliphatic carboxylic acids is 1. The maximum atomic E-state index is 10.5. The van der Waals surface area contributed by atoms with Crippen molar-refractivity contribution in [2.24, 2.45) is 5.73 Å². The molecule has 0 heterocycles. The van der Waals surface area contributed by atoms with E-state index in [1.165, 1.54) is 6.07 Å². The lowest BCUT2D eigenvalue weighted by molar-refractivity contribution is -0.133. The predicted molar refractivity (Wildman–Crippen MR) is 50.9 cm³/mol. The highest BCUT2D eigenvalue weighted by Gasteiger charge is 2.10. The van der Waals surface area contributed by atoms with E-state index in [1.54, 1.807) is 0 Å². The number of primary amides is 1. The average Bonchev–Trinajstić information content (AvgIpc) is 2.01. The van der Waals surface area contributed by atoms with Crippen LogP contribution in [0.1, 0.15) is 0 Å². The second-order valence-electron chi connectivity index (χ2n) is 1.84. The van der Waals surface area contributed by atoms with Gasteiger partial charge in [-0.15, -0.1) is 24.4 Å². The largest absolute Gasteiger partial charge is 0.481 e. The lowest BCUT2D eigenvalue weighted by Crippen LogP contribution is -2.13. The van der Waals surface area contributed by atoms with Crippen LogP contribution < -0.4 is 5.73 Å². The van der Waals surface area contributed by atoms with Crippen LogP contribution in [0.5, 0.6) is 0 Å². The van der Waals surface area contributed by atoms with Crippen molar-refractivity contribution in [2.75, 3.05) is 5.75 Å². The van der Waals surface area contributed by atoms with Crippen molar-refractivity contribution in [3.63, 3.8) is 0 Å². The third kappa shape index (κ3) is 4.45. The summed E-state index contributed by atoms with van der Waals surface area (Å²) in [7, 11) is 0. The standard InChI is InChI=1S/C6H6N2O3S2/c7-1-3(5(8)11)6(12)13-2-4(9)10/h12H,2H2,(H2,8,11)(H,9,10)/b6-3+. The van der Waals surface area contributed by atoms with Crippen molar-refractivity contribution in [1.82, 2.24) is 0 Å². The third-order valence-electron chi connectivity index (χ3n) is 0.904. The number of amides is 1. The van der Waals surface area contributed by atoms with Crippen LogP contribution in [0.4, 0.5) is 0 Å². The van der Waals surface area contributed by atoms with Crippen molar-refractivity contribution in [3.05, 3.63) is 9.81 Å². The van der Waals surface area contributed by atoms with Crippen molar-refractivity contribution in [3.8, 4) is 6.07 Å². The number of carboxylic acid groups (broad SMARTS) is 1. The highest BCUT2D eigenvalue weighted by molar-refractivity contribution is 8.16. The molecule has 7 heteroatoms. The monoisotopic (exact) mass is 218 g/mol. The molecular formula is C6H6N2O3S2. The molecule has 0 atom stereocenters. The zero-order chi connectivity index (χ0) is 10.4. The Bertz CT molecular complexity index is 305. The van der Waals surface area contributed by atoms with Gasteiger partial charge in [0.2, 0.25) is 0 Å². The molecule has 0 radical (unpaired) electrons. The molecule has 0 aliphatic rings. The quantitative estimate of drug-likeness (QED) is 0.349. The molecule has 0 saturated carbocycles. The second-order valence-corrected chi connectivity index (χ2v) is 3.57. The minimum Gasteiger partial charge on any atom is -0.481 e. The molecule has 0 fully saturated rings. The fraction of sp³-hybridized carbons (Fsp3) is 0.167. The summed E-state index contributed by atoms with van der Waals surface area (Å²) >= 11 is 4.54. The highest BCUT2D eigenvalue weighted by Crippen LogP contribution is 2.22. The Morgan fingerprint density at radius 3 is 2.46 bits per heavy atom. The van der Waals surface area contributed by atoms with E-state index in [4.69, 9.17) is 16.1 Å². The molecule has 0 aromatic rings. The number of nitrogens with two attached hydrogens (primary N) is 1. The number of rotatable bonds is 4. The number of nitriles is 1. The van der Waals surface area contributed by atoms with Gasteiger partial charge < -0.3 is 10.8 Å². The molecule has 0 unspecified atom stereocenters. The number of hydrogen-bond acceptors (Lipinski definition) is 5. The third-order valence-corrected chi connectivity index (χ3v) is 2.38. The first kappa shape index (κ1) is 11.9. The van der Waals surface area contributed by atoms with Gasteiger partial charge in [-0.3, -0.25) is 9.59 Å². The zero-order valence-corrected chi connectivity index (χ0v) is 8.06. The lowest BCUT2D eigenvalue weighted by Gasteiger charge is -1.98. The topological polar surface area (TPSA) is 104 Å². The number of thiol groups is 1. The second kappa shape index (κ2) is 5.50. The minimum atomic E-state index is -1.06. The van der Waals surface area contributed by atoms with Gasteiger partial charge >= 0.3 is 5.97 Å². The van der Waals surface area contributed by atoms with Crippen LogP contribution in [0.25, 0.3) is 0 Å².